The number of nitrogens with one attached hydrogen (secondary N) is 1. The predicted octanol–water partition coefficient (Wildman–Crippen LogP) is 1.54. The Labute approximate surface area is 191 Å². The van der Waals surface area contributed by atoms with E-state index in [1.807, 2.05) is 6.07 Å². The third-order valence-electron chi connectivity index (χ3n) is 5.49. The van der Waals surface area contributed by atoms with Crippen LogP contribution in [0.15, 0.2) is 53.4 Å². The molecule has 1 saturated heterocycles. The van der Waals surface area contributed by atoms with Gasteiger partial charge in [-0.2, -0.15) is 4.31 Å². The molecule has 11 nitrogen and oxygen atoms in total. The molecule has 3 amide bonds. The van der Waals surface area contributed by atoms with Crippen molar-refractivity contribution in [2.45, 2.75) is 24.3 Å². The number of carbonyl (C=O) groups excluding carboxylic acids is 2. The Hall–Kier alpha value is -3.51. The monoisotopic (exact) mass is 475 g/mol. The summed E-state index contributed by atoms with van der Waals surface area (Å²) >= 11 is 0. The second-order valence-corrected chi connectivity index (χ2v) is 9.57. The third kappa shape index (κ3) is 5.65. The van der Waals surface area contributed by atoms with Crippen LogP contribution in [0.25, 0.3) is 0 Å². The van der Waals surface area contributed by atoms with Crippen molar-refractivity contribution in [1.82, 2.24) is 14.5 Å². The van der Waals surface area contributed by atoms with Gasteiger partial charge < -0.3 is 16.0 Å². The maximum Gasteiger partial charge on any atom is 0.312 e. The van der Waals surface area contributed by atoms with Crippen molar-refractivity contribution < 1.29 is 22.9 Å². The van der Waals surface area contributed by atoms with Gasteiger partial charge >= 0.3 is 6.03 Å². The molecule has 0 bridgehead atoms. The number of urea groups is 1. The number of carbonyl (C=O) groups is 2. The molecule has 0 radical (unpaired) electrons. The molecule has 1 unspecified atom stereocenters. The molecule has 1 atom stereocenters. The average molecular weight is 476 g/mol. The van der Waals surface area contributed by atoms with Gasteiger partial charge in [-0.1, -0.05) is 36.4 Å². The van der Waals surface area contributed by atoms with Gasteiger partial charge in [-0.15, -0.1) is 0 Å². The van der Waals surface area contributed by atoms with E-state index in [1.165, 1.54) is 21.3 Å². The Kier molecular flexibility index (Phi) is 7.29. The van der Waals surface area contributed by atoms with E-state index in [0.717, 1.165) is 11.6 Å². The number of non-ortho nitro benzene ring substituents is 1. The number of nitrogens with zero attached hydrogens (tertiary/aromatic N) is 3. The molecule has 1 fully saturated rings. The van der Waals surface area contributed by atoms with Crippen molar-refractivity contribution >= 4 is 27.6 Å². The number of sulfonamides is 1. The molecular formula is C21H25N5O6S. The lowest BCUT2D eigenvalue weighted by atomic mass is 10.0. The van der Waals surface area contributed by atoms with E-state index in [4.69, 9.17) is 5.73 Å². The molecular weight excluding hydrogens is 450 g/mol. The summed E-state index contributed by atoms with van der Waals surface area (Å²) in [6, 6.07) is 11.3. The summed E-state index contributed by atoms with van der Waals surface area (Å²) in [6.07, 6.45) is -0.0241. The first kappa shape index (κ1) is 24.1. The van der Waals surface area contributed by atoms with Gasteiger partial charge in [-0.25, -0.2) is 13.2 Å². The van der Waals surface area contributed by atoms with E-state index in [-0.39, 0.29) is 49.1 Å². The Morgan fingerprint density at radius 2 is 1.76 bits per heavy atom. The predicted molar refractivity (Wildman–Crippen MR) is 120 cm³/mol. The molecule has 2 aromatic rings. The number of nitrogens with two attached hydrogens (primary N) is 1. The van der Waals surface area contributed by atoms with E-state index >= 15 is 0 Å². The molecule has 1 heterocycles. The average Bonchev–Trinajstić information content (AvgIpc) is 2.79. The number of piperazine rings is 1. The fourth-order valence-corrected chi connectivity index (χ4v) is 5.38. The zero-order chi connectivity index (χ0) is 24.2. The van der Waals surface area contributed by atoms with Crippen molar-refractivity contribution in [3.63, 3.8) is 0 Å². The number of hydrogen-bond donors (Lipinski definition) is 2. The molecule has 2 aromatic carbocycles. The summed E-state index contributed by atoms with van der Waals surface area (Å²) in [5.41, 5.74) is 6.09. The normalized spacial score (nSPS) is 15.6. The highest BCUT2D eigenvalue weighted by molar-refractivity contribution is 7.89. The lowest BCUT2D eigenvalue weighted by Crippen LogP contribution is -2.51. The number of hydrogen-bond acceptors (Lipinski definition) is 6. The van der Waals surface area contributed by atoms with Gasteiger partial charge in [0, 0.05) is 38.3 Å². The number of nitro groups is 1. The van der Waals surface area contributed by atoms with Crippen molar-refractivity contribution in [3.05, 3.63) is 69.8 Å². The summed E-state index contributed by atoms with van der Waals surface area (Å²) in [4.78, 5) is 36.1. The van der Waals surface area contributed by atoms with E-state index in [2.05, 4.69) is 5.32 Å². The maximum atomic E-state index is 13.1. The molecule has 0 saturated carbocycles. The number of rotatable bonds is 7. The van der Waals surface area contributed by atoms with Gasteiger partial charge in [0.2, 0.25) is 15.9 Å². The highest BCUT2D eigenvalue weighted by Gasteiger charge is 2.32. The molecule has 0 aliphatic carbocycles. The van der Waals surface area contributed by atoms with Crippen LogP contribution in [-0.2, 0) is 14.8 Å². The number of nitro benzene ring substituents is 1. The van der Waals surface area contributed by atoms with Crippen molar-refractivity contribution in [2.75, 3.05) is 26.2 Å². The molecule has 0 aromatic heterocycles. The van der Waals surface area contributed by atoms with Crippen LogP contribution in [-0.4, -0.2) is 60.7 Å². The molecule has 3 N–H and O–H groups in total. The topological polar surface area (TPSA) is 156 Å². The lowest BCUT2D eigenvalue weighted by Gasteiger charge is -2.35. The number of benzene rings is 2. The number of amides is 3. The van der Waals surface area contributed by atoms with Crippen molar-refractivity contribution in [1.29, 1.82) is 0 Å². The maximum absolute atomic E-state index is 13.1. The van der Waals surface area contributed by atoms with Crippen LogP contribution >= 0.6 is 0 Å². The van der Waals surface area contributed by atoms with Crippen LogP contribution in [0.5, 0.6) is 0 Å². The van der Waals surface area contributed by atoms with Gasteiger partial charge in [0.1, 0.15) is 0 Å². The second kappa shape index (κ2) is 9.96. The van der Waals surface area contributed by atoms with Crippen molar-refractivity contribution in [2.24, 2.45) is 5.73 Å². The van der Waals surface area contributed by atoms with E-state index in [0.29, 0.717) is 5.56 Å². The van der Waals surface area contributed by atoms with E-state index < -0.39 is 27.0 Å². The zero-order valence-corrected chi connectivity index (χ0v) is 18.8. The summed E-state index contributed by atoms with van der Waals surface area (Å²) in [5.74, 6) is -0.249. The minimum Gasteiger partial charge on any atom is -0.352 e. The molecule has 176 valence electrons. The molecule has 1 aliphatic heterocycles. The molecule has 1 aliphatic rings. The van der Waals surface area contributed by atoms with Gasteiger partial charge in [0.25, 0.3) is 5.69 Å². The minimum absolute atomic E-state index is 0.0241. The SMILES string of the molecule is Cc1ccc([N+](=O)[O-])cc1S(=O)(=O)N1CCN(C(=O)CC(NC(N)=O)c2ccccc2)CC1. The fourth-order valence-electron chi connectivity index (χ4n) is 3.71. The first-order valence-electron chi connectivity index (χ1n) is 10.2. The van der Waals surface area contributed by atoms with Crippen LogP contribution in [0.3, 0.4) is 0 Å². The van der Waals surface area contributed by atoms with Crippen LogP contribution in [0, 0.1) is 17.0 Å². The van der Waals surface area contributed by atoms with Gasteiger partial charge in [-0.3, -0.25) is 14.9 Å². The standard InChI is InChI=1S/C21H25N5O6S/c1-15-7-8-17(26(29)30)13-19(15)33(31,32)25-11-9-24(10-12-25)20(27)14-18(23-21(22)28)16-5-3-2-4-6-16/h2-8,13,18H,9-12,14H2,1H3,(H3,22,23,28). The Morgan fingerprint density at radius 3 is 2.33 bits per heavy atom. The fraction of sp³-hybridized carbons (Fsp3) is 0.333. The lowest BCUT2D eigenvalue weighted by molar-refractivity contribution is -0.385. The molecule has 12 heteroatoms. The number of primary amides is 1. The second-order valence-electron chi connectivity index (χ2n) is 7.67. The minimum atomic E-state index is -3.96. The first-order chi connectivity index (χ1) is 15.6. The van der Waals surface area contributed by atoms with Crippen molar-refractivity contribution in [3.8, 4) is 0 Å². The summed E-state index contributed by atoms with van der Waals surface area (Å²) in [5, 5.41) is 13.6. The quantitative estimate of drug-likeness (QED) is 0.457. The Balaban J connectivity index is 1.68. The van der Waals surface area contributed by atoms with Gasteiger partial charge in [0.15, 0.2) is 0 Å². The summed E-state index contributed by atoms with van der Waals surface area (Å²) in [7, 11) is -3.96. The number of aryl methyl sites for hydroxylation is 1. The van der Waals surface area contributed by atoms with Gasteiger partial charge in [0.05, 0.1) is 22.3 Å². The smallest absolute Gasteiger partial charge is 0.312 e. The largest absolute Gasteiger partial charge is 0.352 e. The molecule has 3 rings (SSSR count). The van der Waals surface area contributed by atoms with Crippen LogP contribution in [0.2, 0.25) is 0 Å². The van der Waals surface area contributed by atoms with Gasteiger partial charge in [-0.05, 0) is 18.1 Å². The summed E-state index contributed by atoms with van der Waals surface area (Å²) < 4.78 is 27.4. The Bertz CT molecular complexity index is 1150. The zero-order valence-electron chi connectivity index (χ0n) is 18.0. The highest BCUT2D eigenvalue weighted by Crippen LogP contribution is 2.26. The van der Waals surface area contributed by atoms with E-state index in [9.17, 15) is 28.1 Å². The van der Waals surface area contributed by atoms with Crippen LogP contribution < -0.4 is 11.1 Å². The third-order valence-corrected chi connectivity index (χ3v) is 7.53. The van der Waals surface area contributed by atoms with E-state index in [1.54, 1.807) is 31.2 Å². The first-order valence-corrected chi connectivity index (χ1v) is 11.7. The highest BCUT2D eigenvalue weighted by atomic mass is 32.2. The molecule has 0 spiro atoms. The summed E-state index contributed by atoms with van der Waals surface area (Å²) in [6.45, 7) is 1.99. The molecule has 33 heavy (non-hydrogen) atoms. The van der Waals surface area contributed by atoms with Crippen LogP contribution in [0.4, 0.5) is 10.5 Å². The van der Waals surface area contributed by atoms with Crippen LogP contribution in [0.1, 0.15) is 23.6 Å². The Morgan fingerprint density at radius 1 is 1.12 bits per heavy atom.